The molecule has 2 rings (SSSR count). The normalized spacial score (nSPS) is 14.5. The second-order valence-electron chi connectivity index (χ2n) is 7.26. The Morgan fingerprint density at radius 3 is 2.82 bits per heavy atom. The molecular formula is C20H27N3O4S. The maximum absolute atomic E-state index is 12.4. The van der Waals surface area contributed by atoms with E-state index < -0.39 is 23.6 Å². The summed E-state index contributed by atoms with van der Waals surface area (Å²) in [4.78, 5) is 24.4. The van der Waals surface area contributed by atoms with Gasteiger partial charge in [0, 0.05) is 11.1 Å². The maximum atomic E-state index is 12.4. The highest BCUT2D eigenvalue weighted by Gasteiger charge is 2.24. The molecule has 8 heteroatoms. The van der Waals surface area contributed by atoms with Gasteiger partial charge < -0.3 is 14.8 Å². The number of benzene rings is 1. The average molecular weight is 406 g/mol. The topological polar surface area (TPSA) is 89.0 Å². The van der Waals surface area contributed by atoms with Crippen LogP contribution in [0.3, 0.4) is 0 Å². The van der Waals surface area contributed by atoms with Gasteiger partial charge in [-0.15, -0.1) is 0 Å². The molecule has 2 N–H and O–H groups in total. The molecule has 1 atom stereocenters. The van der Waals surface area contributed by atoms with Crippen LogP contribution in [0.1, 0.15) is 32.8 Å². The Morgan fingerprint density at radius 2 is 2.11 bits per heavy atom. The molecule has 152 valence electrons. The molecule has 1 aromatic carbocycles. The van der Waals surface area contributed by atoms with Gasteiger partial charge in [0.1, 0.15) is 24.0 Å². The summed E-state index contributed by atoms with van der Waals surface area (Å²) in [6.45, 7) is 5.69. The highest BCUT2D eigenvalue weighted by molar-refractivity contribution is 7.98. The molecule has 2 amide bonds. The molecule has 28 heavy (non-hydrogen) atoms. The first-order chi connectivity index (χ1) is 13.3. The first-order valence-electron chi connectivity index (χ1n) is 9.02. The van der Waals surface area contributed by atoms with Gasteiger partial charge in [-0.25, -0.2) is 10.2 Å². The SMILES string of the molecule is CSCC[C@H](NC(=O)OC(C)(C)C)C(=O)N/N=C/C1=Cc2ccccc2OC1. The monoisotopic (exact) mass is 405 g/mol. The Bertz CT molecular complexity index is 756. The molecule has 0 aliphatic carbocycles. The summed E-state index contributed by atoms with van der Waals surface area (Å²) in [5, 5.41) is 6.62. The van der Waals surface area contributed by atoms with Gasteiger partial charge in [-0.2, -0.15) is 16.9 Å². The van der Waals surface area contributed by atoms with Crippen molar-refractivity contribution in [2.24, 2.45) is 5.10 Å². The van der Waals surface area contributed by atoms with Crippen LogP contribution in [0, 0.1) is 0 Å². The van der Waals surface area contributed by atoms with E-state index in [1.165, 1.54) is 0 Å². The maximum Gasteiger partial charge on any atom is 0.408 e. The third-order valence-corrected chi connectivity index (χ3v) is 4.32. The van der Waals surface area contributed by atoms with Crippen LogP contribution in [0.4, 0.5) is 4.79 Å². The molecule has 0 bridgehead atoms. The number of nitrogens with zero attached hydrogens (tertiary/aromatic N) is 1. The molecule has 1 aliphatic heterocycles. The Kier molecular flexibility index (Phi) is 7.92. The lowest BCUT2D eigenvalue weighted by atomic mass is 10.1. The summed E-state index contributed by atoms with van der Waals surface area (Å²) in [6.07, 6.45) is 5.29. The number of para-hydroxylation sites is 1. The van der Waals surface area contributed by atoms with Crippen molar-refractivity contribution in [1.29, 1.82) is 0 Å². The molecule has 1 aromatic rings. The van der Waals surface area contributed by atoms with Crippen molar-refractivity contribution in [2.45, 2.75) is 38.8 Å². The predicted molar refractivity (Wildman–Crippen MR) is 113 cm³/mol. The Hall–Kier alpha value is -2.48. The van der Waals surface area contributed by atoms with Gasteiger partial charge in [-0.1, -0.05) is 18.2 Å². The van der Waals surface area contributed by atoms with Crippen LogP contribution in [0.15, 0.2) is 34.9 Å². The minimum atomic E-state index is -0.725. The van der Waals surface area contributed by atoms with Gasteiger partial charge in [-0.3, -0.25) is 4.79 Å². The highest BCUT2D eigenvalue weighted by Crippen LogP contribution is 2.24. The van der Waals surface area contributed by atoms with Crippen molar-refractivity contribution in [3.05, 3.63) is 35.4 Å². The van der Waals surface area contributed by atoms with Gasteiger partial charge in [0.15, 0.2) is 0 Å². The van der Waals surface area contributed by atoms with Gasteiger partial charge >= 0.3 is 6.09 Å². The quantitative estimate of drug-likeness (QED) is 0.537. The number of thioether (sulfide) groups is 1. The fraction of sp³-hybridized carbons (Fsp3) is 0.450. The van der Waals surface area contributed by atoms with Gasteiger partial charge in [0.05, 0.1) is 6.21 Å². The Labute approximate surface area is 169 Å². The molecule has 0 unspecified atom stereocenters. The summed E-state index contributed by atoms with van der Waals surface area (Å²) in [6, 6.07) is 6.97. The lowest BCUT2D eigenvalue weighted by Crippen LogP contribution is -2.47. The lowest BCUT2D eigenvalue weighted by Gasteiger charge is -2.22. The molecule has 1 aliphatic rings. The molecule has 0 radical (unpaired) electrons. The van der Waals surface area contributed by atoms with E-state index in [-0.39, 0.29) is 0 Å². The van der Waals surface area contributed by atoms with Crippen molar-refractivity contribution < 1.29 is 19.1 Å². The van der Waals surface area contributed by atoms with Crippen molar-refractivity contribution in [3.63, 3.8) is 0 Å². The van der Waals surface area contributed by atoms with E-state index >= 15 is 0 Å². The molecule has 0 aromatic heterocycles. The van der Waals surface area contributed by atoms with E-state index in [0.29, 0.717) is 18.8 Å². The van der Waals surface area contributed by atoms with Crippen LogP contribution in [0.25, 0.3) is 6.08 Å². The summed E-state index contributed by atoms with van der Waals surface area (Å²) in [5.41, 5.74) is 3.65. The van der Waals surface area contributed by atoms with Crippen LogP contribution in [0.2, 0.25) is 0 Å². The van der Waals surface area contributed by atoms with Gasteiger partial charge in [0.2, 0.25) is 0 Å². The number of carbonyl (C=O) groups is 2. The number of nitrogens with one attached hydrogen (secondary N) is 2. The van der Waals surface area contributed by atoms with E-state index in [1.807, 2.05) is 36.6 Å². The fourth-order valence-corrected chi connectivity index (χ4v) is 2.89. The molecule has 1 heterocycles. The summed E-state index contributed by atoms with van der Waals surface area (Å²) in [7, 11) is 0. The number of hydrogen-bond donors (Lipinski definition) is 2. The third kappa shape index (κ3) is 7.26. The van der Waals surface area contributed by atoms with Gasteiger partial charge in [0.25, 0.3) is 5.91 Å². The van der Waals surface area contributed by atoms with E-state index in [9.17, 15) is 9.59 Å². The number of hydrazone groups is 1. The Morgan fingerprint density at radius 1 is 1.36 bits per heavy atom. The average Bonchev–Trinajstić information content (AvgIpc) is 2.63. The molecule has 0 spiro atoms. The number of rotatable bonds is 7. The van der Waals surface area contributed by atoms with Crippen LogP contribution in [0.5, 0.6) is 5.75 Å². The summed E-state index contributed by atoms with van der Waals surface area (Å²) >= 11 is 1.59. The predicted octanol–water partition coefficient (Wildman–Crippen LogP) is 3.21. The summed E-state index contributed by atoms with van der Waals surface area (Å²) in [5.74, 6) is 1.14. The minimum absolute atomic E-state index is 0.377. The first kappa shape index (κ1) is 21.8. The van der Waals surface area contributed by atoms with Crippen LogP contribution in [-0.4, -0.2) is 48.5 Å². The van der Waals surface area contributed by atoms with Crippen molar-refractivity contribution in [1.82, 2.24) is 10.7 Å². The number of hydrogen-bond acceptors (Lipinski definition) is 6. The molecular weight excluding hydrogens is 378 g/mol. The lowest BCUT2D eigenvalue weighted by molar-refractivity contribution is -0.123. The standard InChI is InChI=1S/C20H27N3O4S/c1-20(2,3)27-19(25)22-16(9-10-28-4)18(24)23-21-12-14-11-15-7-5-6-8-17(15)26-13-14/h5-8,11-12,16H,9-10,13H2,1-4H3,(H,22,25)(H,23,24)/b21-12+/t16-/m0/s1. The van der Waals surface area contributed by atoms with Crippen molar-refractivity contribution >= 4 is 36.1 Å². The smallest absolute Gasteiger partial charge is 0.408 e. The third-order valence-electron chi connectivity index (χ3n) is 3.68. The second-order valence-corrected chi connectivity index (χ2v) is 8.25. The van der Waals surface area contributed by atoms with E-state index in [4.69, 9.17) is 9.47 Å². The molecule has 7 nitrogen and oxygen atoms in total. The number of alkyl carbamates (subject to hydrolysis) is 1. The van der Waals surface area contributed by atoms with E-state index in [0.717, 1.165) is 16.9 Å². The second kappa shape index (κ2) is 10.2. The molecule has 0 saturated carbocycles. The Balaban J connectivity index is 1.94. The number of carbonyl (C=O) groups excluding carboxylic acids is 2. The summed E-state index contributed by atoms with van der Waals surface area (Å²) < 4.78 is 10.9. The van der Waals surface area contributed by atoms with E-state index in [2.05, 4.69) is 15.8 Å². The fourth-order valence-electron chi connectivity index (χ4n) is 2.42. The zero-order valence-electron chi connectivity index (χ0n) is 16.7. The zero-order chi connectivity index (χ0) is 20.6. The van der Waals surface area contributed by atoms with Crippen LogP contribution in [-0.2, 0) is 9.53 Å². The first-order valence-corrected chi connectivity index (χ1v) is 10.4. The van der Waals surface area contributed by atoms with E-state index in [1.54, 1.807) is 38.7 Å². The van der Waals surface area contributed by atoms with Gasteiger partial charge in [-0.05, 0) is 51.3 Å². The van der Waals surface area contributed by atoms with Crippen molar-refractivity contribution in [3.8, 4) is 5.75 Å². The number of fused-ring (bicyclic) bond motifs is 1. The number of ether oxygens (including phenoxy) is 2. The molecule has 0 fully saturated rings. The molecule has 0 saturated heterocycles. The van der Waals surface area contributed by atoms with Crippen LogP contribution < -0.4 is 15.5 Å². The largest absolute Gasteiger partial charge is 0.488 e. The highest BCUT2D eigenvalue weighted by atomic mass is 32.2. The van der Waals surface area contributed by atoms with Crippen LogP contribution >= 0.6 is 11.8 Å². The minimum Gasteiger partial charge on any atom is -0.488 e. The number of amides is 2. The zero-order valence-corrected chi connectivity index (χ0v) is 17.5. The van der Waals surface area contributed by atoms with Crippen molar-refractivity contribution in [2.75, 3.05) is 18.6 Å².